The molecule has 0 atom stereocenters. The second-order valence-electron chi connectivity index (χ2n) is 7.98. The van der Waals surface area contributed by atoms with E-state index in [1.807, 2.05) is 68.4 Å². The number of rotatable bonds is 6. The van der Waals surface area contributed by atoms with Gasteiger partial charge in [0.1, 0.15) is 22.1 Å². The molecule has 5 nitrogen and oxygen atoms in total. The maximum Gasteiger partial charge on any atom is 0.339 e. The van der Waals surface area contributed by atoms with Crippen LogP contribution in [0.3, 0.4) is 0 Å². The third-order valence-electron chi connectivity index (χ3n) is 5.16. The fraction of sp³-hybridized carbons (Fsp3) is 0.103. The summed E-state index contributed by atoms with van der Waals surface area (Å²) in [4.78, 5) is 24.8. The SMILES string of the molecule is C=CC(=C)C.Cc1ccc(-c2csc(NC(=O)c3cc(-c4ccccc4)oc3C)c2C(=O)O)cc1. The fourth-order valence-electron chi connectivity index (χ4n) is 3.23. The molecule has 2 heterocycles. The van der Waals surface area contributed by atoms with Crippen LogP contribution in [0.15, 0.2) is 95.3 Å². The van der Waals surface area contributed by atoms with Crippen molar-refractivity contribution >= 4 is 28.2 Å². The number of hydrogen-bond donors (Lipinski definition) is 2. The van der Waals surface area contributed by atoms with E-state index in [1.165, 1.54) is 11.3 Å². The van der Waals surface area contributed by atoms with E-state index in [9.17, 15) is 14.7 Å². The van der Waals surface area contributed by atoms with Gasteiger partial charge in [-0.05, 0) is 32.4 Å². The van der Waals surface area contributed by atoms with Gasteiger partial charge in [0.25, 0.3) is 5.91 Å². The van der Waals surface area contributed by atoms with Gasteiger partial charge in [-0.2, -0.15) is 0 Å². The summed E-state index contributed by atoms with van der Waals surface area (Å²) in [6.45, 7) is 12.6. The average Bonchev–Trinajstić information content (AvgIpc) is 3.44. The predicted octanol–water partition coefficient (Wildman–Crippen LogP) is 7.99. The summed E-state index contributed by atoms with van der Waals surface area (Å²) in [5.41, 5.74) is 4.80. The number of benzene rings is 2. The normalized spacial score (nSPS) is 10.1. The van der Waals surface area contributed by atoms with Crippen LogP contribution < -0.4 is 5.32 Å². The van der Waals surface area contributed by atoms with Gasteiger partial charge in [0.05, 0.1) is 5.56 Å². The molecule has 2 aromatic carbocycles. The highest BCUT2D eigenvalue weighted by molar-refractivity contribution is 7.15. The minimum atomic E-state index is -1.09. The van der Waals surface area contributed by atoms with Crippen LogP contribution in [-0.4, -0.2) is 17.0 Å². The van der Waals surface area contributed by atoms with E-state index in [2.05, 4.69) is 18.5 Å². The largest absolute Gasteiger partial charge is 0.478 e. The molecular formula is C29H27NO4S. The van der Waals surface area contributed by atoms with Crippen LogP contribution >= 0.6 is 11.3 Å². The molecule has 35 heavy (non-hydrogen) atoms. The number of thiophene rings is 1. The second kappa shape index (κ2) is 11.3. The van der Waals surface area contributed by atoms with Crippen LogP contribution in [0.2, 0.25) is 0 Å². The first-order valence-corrected chi connectivity index (χ1v) is 11.8. The molecule has 2 aromatic heterocycles. The Morgan fingerprint density at radius 2 is 1.66 bits per heavy atom. The third kappa shape index (κ3) is 6.25. The monoisotopic (exact) mass is 485 g/mol. The summed E-state index contributed by atoms with van der Waals surface area (Å²) < 4.78 is 5.75. The van der Waals surface area contributed by atoms with E-state index < -0.39 is 11.9 Å². The summed E-state index contributed by atoms with van der Waals surface area (Å²) in [7, 11) is 0. The number of carbonyl (C=O) groups is 2. The summed E-state index contributed by atoms with van der Waals surface area (Å²) >= 11 is 1.19. The van der Waals surface area contributed by atoms with Gasteiger partial charge in [-0.25, -0.2) is 4.79 Å². The van der Waals surface area contributed by atoms with Gasteiger partial charge < -0.3 is 14.8 Å². The molecule has 2 N–H and O–H groups in total. The molecule has 4 rings (SSSR count). The van der Waals surface area contributed by atoms with Crippen molar-refractivity contribution in [3.63, 3.8) is 0 Å². The number of amides is 1. The zero-order valence-corrected chi connectivity index (χ0v) is 20.7. The number of aryl methyl sites for hydroxylation is 2. The number of furan rings is 1. The number of anilines is 1. The Hall–Kier alpha value is -4.16. The lowest BCUT2D eigenvalue weighted by Crippen LogP contribution is -2.13. The minimum absolute atomic E-state index is 0.0848. The molecule has 0 radical (unpaired) electrons. The molecule has 0 bridgehead atoms. The van der Waals surface area contributed by atoms with E-state index in [0.29, 0.717) is 27.6 Å². The fourth-order valence-corrected chi connectivity index (χ4v) is 4.19. The third-order valence-corrected chi connectivity index (χ3v) is 6.06. The van der Waals surface area contributed by atoms with E-state index in [0.717, 1.165) is 22.3 Å². The molecule has 0 saturated carbocycles. The van der Waals surface area contributed by atoms with E-state index in [-0.39, 0.29) is 5.56 Å². The Bertz CT molecular complexity index is 1360. The van der Waals surface area contributed by atoms with E-state index >= 15 is 0 Å². The first kappa shape index (κ1) is 25.5. The van der Waals surface area contributed by atoms with Crippen molar-refractivity contribution in [3.05, 3.63) is 113 Å². The van der Waals surface area contributed by atoms with Crippen molar-refractivity contribution < 1.29 is 19.1 Å². The molecule has 1 amide bonds. The van der Waals surface area contributed by atoms with Crippen LogP contribution in [0, 0.1) is 13.8 Å². The highest BCUT2D eigenvalue weighted by atomic mass is 32.1. The zero-order valence-electron chi connectivity index (χ0n) is 19.9. The Labute approximate surface area is 209 Å². The number of carbonyl (C=O) groups excluding carboxylic acids is 1. The minimum Gasteiger partial charge on any atom is -0.478 e. The first-order chi connectivity index (χ1) is 16.7. The molecule has 0 fully saturated rings. The molecule has 0 spiro atoms. The Balaban J connectivity index is 0.000000623. The summed E-state index contributed by atoms with van der Waals surface area (Å²) in [5.74, 6) is -0.434. The molecule has 0 aliphatic carbocycles. The Kier molecular flexibility index (Phi) is 8.23. The van der Waals surface area contributed by atoms with Gasteiger partial charge in [-0.15, -0.1) is 11.3 Å². The molecule has 178 valence electrons. The quantitative estimate of drug-likeness (QED) is 0.271. The van der Waals surface area contributed by atoms with Crippen LogP contribution in [0.25, 0.3) is 22.5 Å². The van der Waals surface area contributed by atoms with Gasteiger partial charge in [0.15, 0.2) is 0 Å². The highest BCUT2D eigenvalue weighted by Gasteiger charge is 2.23. The van der Waals surface area contributed by atoms with Crippen LogP contribution in [-0.2, 0) is 0 Å². The summed E-state index contributed by atoms with van der Waals surface area (Å²) in [5, 5.41) is 14.6. The van der Waals surface area contributed by atoms with Gasteiger partial charge >= 0.3 is 5.97 Å². The van der Waals surface area contributed by atoms with Gasteiger partial charge in [-0.3, -0.25) is 4.79 Å². The Morgan fingerprint density at radius 3 is 2.23 bits per heavy atom. The maximum absolute atomic E-state index is 12.9. The van der Waals surface area contributed by atoms with Crippen LogP contribution in [0.5, 0.6) is 0 Å². The first-order valence-electron chi connectivity index (χ1n) is 10.9. The van der Waals surface area contributed by atoms with Crippen molar-refractivity contribution in [2.75, 3.05) is 5.32 Å². The molecule has 0 unspecified atom stereocenters. The molecule has 6 heteroatoms. The number of aromatic carboxylic acids is 1. The highest BCUT2D eigenvalue weighted by Crippen LogP contribution is 2.36. The van der Waals surface area contributed by atoms with Crippen molar-refractivity contribution in [3.8, 4) is 22.5 Å². The zero-order chi connectivity index (χ0) is 25.5. The standard InChI is InChI=1S/C24H19NO4S.C5H8/c1-14-8-10-16(11-9-14)19-13-30-23(21(19)24(27)28)25-22(26)18-12-20(29-15(18)2)17-6-4-3-5-7-17;1-4-5(2)3/h3-13H,1-2H3,(H,25,26)(H,27,28);4H,1-2H2,3H3. The smallest absolute Gasteiger partial charge is 0.339 e. The average molecular weight is 486 g/mol. The van der Waals surface area contributed by atoms with E-state index in [1.54, 1.807) is 24.4 Å². The lowest BCUT2D eigenvalue weighted by Gasteiger charge is -2.06. The summed E-state index contributed by atoms with van der Waals surface area (Å²) in [6, 6.07) is 18.8. The van der Waals surface area contributed by atoms with E-state index in [4.69, 9.17) is 4.42 Å². The van der Waals surface area contributed by atoms with Crippen molar-refractivity contribution in [2.45, 2.75) is 20.8 Å². The number of hydrogen-bond acceptors (Lipinski definition) is 4. The maximum atomic E-state index is 12.9. The predicted molar refractivity (Wildman–Crippen MR) is 143 cm³/mol. The Morgan fingerprint density at radius 1 is 1.03 bits per heavy atom. The van der Waals surface area contributed by atoms with Crippen molar-refractivity contribution in [1.82, 2.24) is 0 Å². The number of nitrogens with one attached hydrogen (secondary N) is 1. The van der Waals surface area contributed by atoms with Crippen LogP contribution in [0.4, 0.5) is 5.00 Å². The molecule has 4 aromatic rings. The lowest BCUT2D eigenvalue weighted by atomic mass is 10.0. The summed E-state index contributed by atoms with van der Waals surface area (Å²) in [6.07, 6.45) is 1.72. The topological polar surface area (TPSA) is 79.5 Å². The molecule has 0 saturated heterocycles. The number of carboxylic acids is 1. The molecular weight excluding hydrogens is 458 g/mol. The van der Waals surface area contributed by atoms with Gasteiger partial charge in [0.2, 0.25) is 0 Å². The van der Waals surface area contributed by atoms with Crippen molar-refractivity contribution in [1.29, 1.82) is 0 Å². The molecule has 0 aliphatic heterocycles. The van der Waals surface area contributed by atoms with Gasteiger partial charge in [-0.1, -0.05) is 85.0 Å². The van der Waals surface area contributed by atoms with Crippen LogP contribution in [0.1, 0.15) is 39.0 Å². The number of allylic oxidation sites excluding steroid dienone is 2. The van der Waals surface area contributed by atoms with Crippen molar-refractivity contribution in [2.24, 2.45) is 0 Å². The van der Waals surface area contributed by atoms with Gasteiger partial charge in [0, 0.05) is 16.5 Å². The lowest BCUT2D eigenvalue weighted by molar-refractivity contribution is 0.0699. The molecule has 0 aliphatic rings. The second-order valence-corrected chi connectivity index (χ2v) is 8.86. The number of carboxylic acid groups (broad SMARTS) is 1.